The van der Waals surface area contributed by atoms with Gasteiger partial charge in [-0.15, -0.1) is 0 Å². The van der Waals surface area contributed by atoms with E-state index in [1.165, 1.54) is 12.0 Å². The molecule has 0 aromatic carbocycles. The summed E-state index contributed by atoms with van der Waals surface area (Å²) < 4.78 is 0. The number of likely N-dealkylation sites (N-methyl/N-ethyl adjacent to an activating group) is 1. The summed E-state index contributed by atoms with van der Waals surface area (Å²) in [5, 5.41) is 13.8. The zero-order chi connectivity index (χ0) is 30.3. The van der Waals surface area contributed by atoms with Crippen LogP contribution in [-0.4, -0.2) is 72.9 Å². The molecule has 3 saturated carbocycles. The van der Waals surface area contributed by atoms with Gasteiger partial charge in [0.25, 0.3) is 0 Å². The molecule has 6 aliphatic rings. The van der Waals surface area contributed by atoms with E-state index in [2.05, 4.69) is 68.9 Å². The van der Waals surface area contributed by atoms with Gasteiger partial charge in [0.1, 0.15) is 0 Å². The monoisotopic (exact) mass is 575 g/mol. The number of nitrogens with one attached hydrogen (secondary N) is 1. The quantitative estimate of drug-likeness (QED) is 0.432. The molecule has 1 aliphatic heterocycles. The minimum atomic E-state index is -0.347. The molecule has 5 aliphatic carbocycles. The lowest BCUT2D eigenvalue weighted by atomic mass is 9.34. The van der Waals surface area contributed by atoms with Crippen LogP contribution in [0.5, 0.6) is 0 Å². The fraction of sp³-hybridized carbons (Fsp3) is 0.722. The minimum absolute atomic E-state index is 0.0245. The molecule has 42 heavy (non-hydrogen) atoms. The highest BCUT2D eigenvalue weighted by atomic mass is 16.3. The van der Waals surface area contributed by atoms with E-state index in [-0.39, 0.29) is 44.5 Å². The summed E-state index contributed by atoms with van der Waals surface area (Å²) in [5.41, 5.74) is 3.96. The van der Waals surface area contributed by atoms with Crippen LogP contribution in [0.2, 0.25) is 0 Å². The number of fused-ring (bicyclic) bond motifs is 7. The molecule has 230 valence electrons. The van der Waals surface area contributed by atoms with Gasteiger partial charge in [-0.05, 0) is 98.3 Å². The maximum absolute atomic E-state index is 13.8. The Balaban J connectivity index is 1.26. The van der Waals surface area contributed by atoms with Gasteiger partial charge in [-0.1, -0.05) is 52.3 Å². The lowest BCUT2D eigenvalue weighted by Crippen LogP contribution is -2.62. The first kappa shape index (κ1) is 29.9. The Bertz CT molecular complexity index is 1320. The SMILES string of the molecule is CC1=C(O)C(=O)C=C2C1=CC=C1[C@@]2(C)CC[C@@]2(C)[C@@H]3C[C@](C)(C(=O)NCCN4CCN(C)CC4)CC[C@]3(C)CC[C@@]12C. The van der Waals surface area contributed by atoms with Gasteiger partial charge in [-0.25, -0.2) is 0 Å². The van der Waals surface area contributed by atoms with Gasteiger partial charge in [0.2, 0.25) is 11.7 Å². The average molecular weight is 576 g/mol. The first-order chi connectivity index (χ1) is 19.7. The summed E-state index contributed by atoms with van der Waals surface area (Å²) in [4.78, 5) is 31.5. The number of allylic oxidation sites excluding steroid dienone is 7. The first-order valence-corrected chi connectivity index (χ1v) is 16.5. The molecule has 6 nitrogen and oxygen atoms in total. The van der Waals surface area contributed by atoms with E-state index in [9.17, 15) is 14.7 Å². The van der Waals surface area contributed by atoms with Gasteiger partial charge in [-0.3, -0.25) is 14.5 Å². The molecule has 0 unspecified atom stereocenters. The molecule has 6 rings (SSSR count). The maximum Gasteiger partial charge on any atom is 0.225 e. The lowest BCUT2D eigenvalue weighted by molar-refractivity contribution is -0.169. The molecule has 0 aromatic rings. The number of piperazine rings is 1. The van der Waals surface area contributed by atoms with Crippen molar-refractivity contribution in [1.29, 1.82) is 0 Å². The lowest BCUT2D eigenvalue weighted by Gasteiger charge is -2.70. The largest absolute Gasteiger partial charge is 0.504 e. The normalized spacial score (nSPS) is 42.4. The van der Waals surface area contributed by atoms with Crippen LogP contribution in [0.4, 0.5) is 0 Å². The van der Waals surface area contributed by atoms with Crippen LogP contribution >= 0.6 is 0 Å². The smallest absolute Gasteiger partial charge is 0.225 e. The number of amides is 1. The summed E-state index contributed by atoms with van der Waals surface area (Å²) in [7, 11) is 2.18. The van der Waals surface area contributed by atoms with Gasteiger partial charge in [0.15, 0.2) is 5.76 Å². The van der Waals surface area contributed by atoms with Gasteiger partial charge < -0.3 is 15.3 Å². The first-order valence-electron chi connectivity index (χ1n) is 16.5. The molecule has 6 heteroatoms. The Morgan fingerprint density at radius 3 is 2.38 bits per heavy atom. The molecular weight excluding hydrogens is 522 g/mol. The van der Waals surface area contributed by atoms with E-state index in [1.807, 2.05) is 6.92 Å². The van der Waals surface area contributed by atoms with Crippen molar-refractivity contribution in [2.24, 2.45) is 33.0 Å². The number of aliphatic hydroxyl groups is 1. The molecule has 6 atom stereocenters. The summed E-state index contributed by atoms with van der Waals surface area (Å²) in [6.45, 7) is 20.0. The van der Waals surface area contributed by atoms with Crippen LogP contribution < -0.4 is 5.32 Å². The van der Waals surface area contributed by atoms with E-state index in [0.29, 0.717) is 11.5 Å². The van der Waals surface area contributed by atoms with E-state index in [0.717, 1.165) is 88.9 Å². The second-order valence-corrected chi connectivity index (χ2v) is 16.0. The summed E-state index contributed by atoms with van der Waals surface area (Å²) in [5.74, 6) is 0.314. The molecule has 4 fully saturated rings. The predicted octanol–water partition coefficient (Wildman–Crippen LogP) is 5.98. The number of aliphatic hydroxyl groups excluding tert-OH is 1. The zero-order valence-electron chi connectivity index (χ0n) is 27.2. The Morgan fingerprint density at radius 2 is 1.67 bits per heavy atom. The van der Waals surface area contributed by atoms with Crippen molar-refractivity contribution < 1.29 is 14.7 Å². The highest BCUT2D eigenvalue weighted by molar-refractivity contribution is 6.06. The van der Waals surface area contributed by atoms with Crippen LogP contribution in [-0.2, 0) is 9.59 Å². The maximum atomic E-state index is 13.8. The van der Waals surface area contributed by atoms with E-state index >= 15 is 0 Å². The van der Waals surface area contributed by atoms with Crippen molar-refractivity contribution in [3.63, 3.8) is 0 Å². The van der Waals surface area contributed by atoms with Crippen LogP contribution in [0.15, 0.2) is 46.3 Å². The third-order valence-electron chi connectivity index (χ3n) is 13.7. The van der Waals surface area contributed by atoms with Gasteiger partial charge >= 0.3 is 0 Å². The van der Waals surface area contributed by atoms with E-state index in [1.54, 1.807) is 6.08 Å². The fourth-order valence-corrected chi connectivity index (χ4v) is 10.3. The van der Waals surface area contributed by atoms with Crippen LogP contribution in [0.25, 0.3) is 0 Å². The predicted molar refractivity (Wildman–Crippen MR) is 168 cm³/mol. The van der Waals surface area contributed by atoms with Gasteiger partial charge in [-0.2, -0.15) is 0 Å². The number of rotatable bonds is 4. The van der Waals surface area contributed by atoms with Crippen molar-refractivity contribution in [3.05, 3.63) is 46.3 Å². The fourth-order valence-electron chi connectivity index (χ4n) is 10.3. The number of carbonyl (C=O) groups excluding carboxylic acids is 2. The number of hydrogen-bond acceptors (Lipinski definition) is 5. The highest BCUT2D eigenvalue weighted by Gasteiger charge is 2.67. The van der Waals surface area contributed by atoms with Crippen molar-refractivity contribution in [2.45, 2.75) is 86.5 Å². The molecule has 2 N–H and O–H groups in total. The second-order valence-electron chi connectivity index (χ2n) is 16.0. The summed E-state index contributed by atoms with van der Waals surface area (Å²) in [6.07, 6.45) is 13.6. The van der Waals surface area contributed by atoms with Crippen molar-refractivity contribution in [2.75, 3.05) is 46.3 Å². The molecule has 0 aromatic heterocycles. The topological polar surface area (TPSA) is 72.9 Å². The molecule has 1 saturated heterocycles. The Hall–Kier alpha value is -2.18. The molecule has 1 amide bonds. The number of ketones is 1. The summed E-state index contributed by atoms with van der Waals surface area (Å²) >= 11 is 0. The van der Waals surface area contributed by atoms with Crippen molar-refractivity contribution >= 4 is 11.7 Å². The van der Waals surface area contributed by atoms with E-state index < -0.39 is 0 Å². The standard InChI is InChI=1S/C36H53N3O3/c1-24-25-8-9-28-34(4,26(25)22-27(40)30(24)41)13-15-36(6)29-23-33(3,11-10-32(29,2)12-14-35(28,36)5)31(42)37-16-17-39-20-18-38(7)19-21-39/h8-9,22,29,41H,10-21,23H2,1-7H3,(H,37,42)/t29-,32-,33-,34+,35+,36+/m1/s1. The average Bonchev–Trinajstić information content (AvgIpc) is 2.95. The van der Waals surface area contributed by atoms with Gasteiger partial charge in [0, 0.05) is 55.7 Å². The second kappa shape index (κ2) is 9.92. The molecule has 1 heterocycles. The minimum Gasteiger partial charge on any atom is -0.504 e. The van der Waals surface area contributed by atoms with Gasteiger partial charge in [0.05, 0.1) is 0 Å². The molecule has 0 bridgehead atoms. The number of hydrogen-bond donors (Lipinski definition) is 2. The van der Waals surface area contributed by atoms with Crippen molar-refractivity contribution in [1.82, 2.24) is 15.1 Å². The number of nitrogens with zero attached hydrogens (tertiary/aromatic N) is 2. The Labute approximate surface area is 253 Å². The van der Waals surface area contributed by atoms with E-state index in [4.69, 9.17) is 0 Å². The highest BCUT2D eigenvalue weighted by Crippen LogP contribution is 2.75. The van der Waals surface area contributed by atoms with Crippen LogP contribution in [0.3, 0.4) is 0 Å². The molecular formula is C36H53N3O3. The third-order valence-corrected chi connectivity index (χ3v) is 13.7. The molecule has 0 radical (unpaired) electrons. The Morgan fingerprint density at radius 1 is 0.976 bits per heavy atom. The zero-order valence-corrected chi connectivity index (χ0v) is 27.2. The molecule has 0 spiro atoms. The van der Waals surface area contributed by atoms with Crippen molar-refractivity contribution in [3.8, 4) is 0 Å². The number of carbonyl (C=O) groups is 2. The Kier molecular flexibility index (Phi) is 7.05. The third kappa shape index (κ3) is 4.25. The summed E-state index contributed by atoms with van der Waals surface area (Å²) in [6, 6.07) is 0. The van der Waals surface area contributed by atoms with Crippen LogP contribution in [0.1, 0.15) is 86.5 Å². The van der Waals surface area contributed by atoms with Crippen LogP contribution in [0, 0.1) is 33.0 Å².